The van der Waals surface area contributed by atoms with E-state index in [1.807, 2.05) is 0 Å². The van der Waals surface area contributed by atoms with Crippen molar-refractivity contribution in [3.63, 3.8) is 0 Å². The van der Waals surface area contributed by atoms with E-state index in [0.29, 0.717) is 0 Å². The number of hydrogen-bond acceptors (Lipinski definition) is 0. The van der Waals surface area contributed by atoms with E-state index in [0.717, 1.165) is 0 Å². The monoisotopic (exact) mass is 704 g/mol. The Kier molecular flexibility index (Phi) is 5.98. The number of fused-ring (bicyclic) bond motifs is 6. The molecular weight excluding hydrogens is 673 g/mol. The highest BCUT2D eigenvalue weighted by Gasteiger charge is 2.25. The summed E-state index contributed by atoms with van der Waals surface area (Å²) >= 11 is 0. The molecule has 0 atom stereocenters. The van der Waals surface area contributed by atoms with Crippen LogP contribution in [0.25, 0.3) is 131 Å². The predicted octanol–water partition coefficient (Wildman–Crippen LogP) is 15.8. The van der Waals surface area contributed by atoms with Crippen molar-refractivity contribution < 1.29 is 0 Å². The zero-order valence-electron chi connectivity index (χ0n) is 30.5. The zero-order valence-corrected chi connectivity index (χ0v) is 30.5. The summed E-state index contributed by atoms with van der Waals surface area (Å²) < 4.78 is 0. The Morgan fingerprint density at radius 3 is 1.45 bits per heavy atom. The van der Waals surface area contributed by atoms with Crippen LogP contribution in [0.15, 0.2) is 194 Å². The van der Waals surface area contributed by atoms with Gasteiger partial charge in [0.15, 0.2) is 0 Å². The van der Waals surface area contributed by atoms with Crippen molar-refractivity contribution in [3.8, 4) is 55.6 Å². The van der Waals surface area contributed by atoms with E-state index >= 15 is 0 Å². The molecule has 0 fully saturated rings. The lowest BCUT2D eigenvalue weighted by Crippen LogP contribution is -1.94. The first-order chi connectivity index (χ1) is 27.8. The molecule has 0 saturated heterocycles. The minimum atomic E-state index is 1.23. The van der Waals surface area contributed by atoms with Gasteiger partial charge in [0.25, 0.3) is 0 Å². The summed E-state index contributed by atoms with van der Waals surface area (Å²) in [6.45, 7) is 0. The molecule has 0 spiro atoms. The normalized spacial score (nSPS) is 12.3. The summed E-state index contributed by atoms with van der Waals surface area (Å²) in [6.07, 6.45) is 0. The first-order valence-electron chi connectivity index (χ1n) is 19.6. The van der Waals surface area contributed by atoms with Crippen LogP contribution < -0.4 is 0 Å². The van der Waals surface area contributed by atoms with Crippen LogP contribution >= 0.6 is 0 Å². The van der Waals surface area contributed by atoms with Gasteiger partial charge in [-0.05, 0) is 137 Å². The van der Waals surface area contributed by atoms with Crippen molar-refractivity contribution in [1.82, 2.24) is 0 Å². The Balaban J connectivity index is 1.19. The second kappa shape index (κ2) is 11.1. The molecule has 0 aliphatic heterocycles. The van der Waals surface area contributed by atoms with Gasteiger partial charge in [0.1, 0.15) is 0 Å². The fourth-order valence-electron chi connectivity index (χ4n) is 10.4. The molecule has 0 saturated carbocycles. The topological polar surface area (TPSA) is 0 Å². The summed E-state index contributed by atoms with van der Waals surface area (Å²) in [5.74, 6) is 0. The van der Waals surface area contributed by atoms with Crippen LogP contribution in [0.3, 0.4) is 0 Å². The highest BCUT2D eigenvalue weighted by atomic mass is 14.3. The van der Waals surface area contributed by atoms with Crippen LogP contribution in [-0.4, -0.2) is 0 Å². The molecule has 12 aromatic rings. The minimum Gasteiger partial charge on any atom is -0.0616 e. The van der Waals surface area contributed by atoms with E-state index < -0.39 is 0 Å². The highest BCUT2D eigenvalue weighted by molar-refractivity contribution is 6.31. The molecule has 0 N–H and O–H groups in total. The maximum absolute atomic E-state index is 2.48. The zero-order chi connectivity index (χ0) is 36.5. The third-order valence-electron chi connectivity index (χ3n) is 12.7. The van der Waals surface area contributed by atoms with Gasteiger partial charge < -0.3 is 0 Å². The lowest BCUT2D eigenvalue weighted by atomic mass is 9.81. The van der Waals surface area contributed by atoms with Crippen LogP contribution in [-0.2, 0) is 0 Å². The summed E-state index contributed by atoms with van der Waals surface area (Å²) in [6, 6.07) is 73.0. The lowest BCUT2D eigenvalue weighted by molar-refractivity contribution is 1.67. The molecule has 0 heteroatoms. The molecule has 56 heavy (non-hydrogen) atoms. The van der Waals surface area contributed by atoms with E-state index in [1.165, 1.54) is 131 Å². The fraction of sp³-hybridized carbons (Fsp3) is 0. The number of rotatable bonds is 3. The summed E-state index contributed by atoms with van der Waals surface area (Å²) in [5, 5.41) is 18.1. The second-order valence-electron chi connectivity index (χ2n) is 15.5. The molecule has 12 aromatic carbocycles. The molecule has 256 valence electrons. The van der Waals surface area contributed by atoms with Crippen LogP contribution in [0.1, 0.15) is 0 Å². The second-order valence-corrected chi connectivity index (χ2v) is 15.5. The molecule has 0 nitrogen and oxygen atoms in total. The summed E-state index contributed by atoms with van der Waals surface area (Å²) in [5.41, 5.74) is 12.9. The van der Waals surface area contributed by atoms with E-state index in [4.69, 9.17) is 0 Å². The smallest absolute Gasteiger partial charge is 0.00199 e. The fourth-order valence-corrected chi connectivity index (χ4v) is 10.4. The first-order valence-corrected chi connectivity index (χ1v) is 19.6. The standard InChI is InChI=1S/C56H32/c1-2-14-38-33(10-1)11-8-19-39(38)37-26-29-50-51(32-37)56(49-31-30-46-41-16-4-3-15-40(41)42-20-9-21-45(49)54(42)46)44-18-6-5-17-43(44)55(50)48-28-25-36-23-22-34-12-7-13-35-24-27-47(48)53(36)52(34)35/h1-32H. The molecule has 13 rings (SSSR count). The molecular formula is C56H32. The molecule has 0 radical (unpaired) electrons. The van der Waals surface area contributed by atoms with Crippen molar-refractivity contribution in [2.75, 3.05) is 0 Å². The summed E-state index contributed by atoms with van der Waals surface area (Å²) in [7, 11) is 0. The summed E-state index contributed by atoms with van der Waals surface area (Å²) in [4.78, 5) is 0. The van der Waals surface area contributed by atoms with Crippen molar-refractivity contribution in [3.05, 3.63) is 194 Å². The van der Waals surface area contributed by atoms with E-state index in [9.17, 15) is 0 Å². The largest absolute Gasteiger partial charge is 0.0616 e. The first kappa shape index (κ1) is 30.1. The lowest BCUT2D eigenvalue weighted by Gasteiger charge is -2.22. The van der Waals surface area contributed by atoms with Gasteiger partial charge in [-0.25, -0.2) is 0 Å². The van der Waals surface area contributed by atoms with Crippen LogP contribution in [0.5, 0.6) is 0 Å². The Hall–Kier alpha value is -7.28. The Labute approximate surface area is 323 Å². The van der Waals surface area contributed by atoms with Gasteiger partial charge in [0.05, 0.1) is 0 Å². The number of hydrogen-bond donors (Lipinski definition) is 0. The molecule has 0 heterocycles. The van der Waals surface area contributed by atoms with Gasteiger partial charge in [-0.15, -0.1) is 0 Å². The Morgan fingerprint density at radius 2 is 0.643 bits per heavy atom. The third-order valence-corrected chi connectivity index (χ3v) is 12.7. The molecule has 1 aliphatic carbocycles. The molecule has 0 bridgehead atoms. The van der Waals surface area contributed by atoms with Crippen molar-refractivity contribution in [1.29, 1.82) is 0 Å². The third kappa shape index (κ3) is 3.98. The van der Waals surface area contributed by atoms with Gasteiger partial charge in [-0.3, -0.25) is 0 Å². The van der Waals surface area contributed by atoms with Crippen LogP contribution in [0, 0.1) is 0 Å². The molecule has 0 unspecified atom stereocenters. The van der Waals surface area contributed by atoms with Gasteiger partial charge in [0, 0.05) is 0 Å². The van der Waals surface area contributed by atoms with Gasteiger partial charge in [-0.1, -0.05) is 188 Å². The van der Waals surface area contributed by atoms with E-state index in [-0.39, 0.29) is 0 Å². The highest BCUT2D eigenvalue weighted by Crippen LogP contribution is 2.53. The molecule has 1 aliphatic rings. The van der Waals surface area contributed by atoms with Crippen molar-refractivity contribution in [2.45, 2.75) is 0 Å². The van der Waals surface area contributed by atoms with Crippen LogP contribution in [0.2, 0.25) is 0 Å². The van der Waals surface area contributed by atoms with Crippen molar-refractivity contribution >= 4 is 75.4 Å². The Morgan fingerprint density at radius 1 is 0.196 bits per heavy atom. The quantitative estimate of drug-likeness (QED) is 0.127. The molecule has 0 amide bonds. The number of benzene rings is 12. The van der Waals surface area contributed by atoms with Crippen LogP contribution in [0.4, 0.5) is 0 Å². The maximum Gasteiger partial charge on any atom is -0.00199 e. The van der Waals surface area contributed by atoms with E-state index in [1.54, 1.807) is 0 Å². The van der Waals surface area contributed by atoms with E-state index in [2.05, 4.69) is 194 Å². The average Bonchev–Trinajstić information content (AvgIpc) is 3.59. The SMILES string of the molecule is c1ccc2c(c1)-c1cccc3c(-c4c5ccccc5c(-c5ccc6ccc7cccc8ccc5c6c78)c5ccc(-c6cccc7ccccc67)cc45)ccc-2c13. The van der Waals surface area contributed by atoms with Crippen molar-refractivity contribution in [2.24, 2.45) is 0 Å². The van der Waals surface area contributed by atoms with Gasteiger partial charge >= 0.3 is 0 Å². The predicted molar refractivity (Wildman–Crippen MR) is 241 cm³/mol. The Bertz CT molecular complexity index is 3590. The van der Waals surface area contributed by atoms with Gasteiger partial charge in [-0.2, -0.15) is 0 Å². The molecule has 0 aromatic heterocycles. The van der Waals surface area contributed by atoms with Gasteiger partial charge in [0.2, 0.25) is 0 Å². The minimum absolute atomic E-state index is 1.23. The average molecular weight is 705 g/mol. The maximum atomic E-state index is 2.48.